The van der Waals surface area contributed by atoms with Gasteiger partial charge in [0.2, 0.25) is 0 Å². The second-order valence-electron chi connectivity index (χ2n) is 3.21. The van der Waals surface area contributed by atoms with Crippen LogP contribution in [-0.4, -0.2) is 36.5 Å². The van der Waals surface area contributed by atoms with Gasteiger partial charge < -0.3 is 4.90 Å². The van der Waals surface area contributed by atoms with Gasteiger partial charge in [-0.2, -0.15) is 0 Å². The summed E-state index contributed by atoms with van der Waals surface area (Å²) in [4.78, 5) is 4.73. The number of nitrogens with zero attached hydrogens (tertiary/aromatic N) is 2. The van der Waals surface area contributed by atoms with Crippen LogP contribution in [0.15, 0.2) is 11.9 Å². The first-order chi connectivity index (χ1) is 4.86. The van der Waals surface area contributed by atoms with Crippen LogP contribution in [0.1, 0.15) is 12.8 Å². The molecule has 0 bridgehead atoms. The van der Waals surface area contributed by atoms with Gasteiger partial charge in [0.15, 0.2) is 0 Å². The van der Waals surface area contributed by atoms with Crippen LogP contribution in [0.2, 0.25) is 0 Å². The molecule has 0 aromatic heterocycles. The predicted octanol–water partition coefficient (Wildman–Crippen LogP) is 0.869. The van der Waals surface area contributed by atoms with Crippen molar-refractivity contribution in [1.82, 2.24) is 9.80 Å². The van der Waals surface area contributed by atoms with E-state index in [0.717, 1.165) is 0 Å². The summed E-state index contributed by atoms with van der Waals surface area (Å²) in [6, 6.07) is 0. The Bertz CT molecular complexity index is 157. The van der Waals surface area contributed by atoms with Crippen molar-refractivity contribution in [2.75, 3.05) is 26.7 Å². The molecule has 2 rings (SSSR count). The van der Waals surface area contributed by atoms with E-state index in [2.05, 4.69) is 23.0 Å². The van der Waals surface area contributed by atoms with Gasteiger partial charge in [0.25, 0.3) is 0 Å². The number of likely N-dealkylation sites (tertiary alicyclic amines) is 1. The molecule has 0 aromatic carbocycles. The van der Waals surface area contributed by atoms with Crippen LogP contribution < -0.4 is 0 Å². The molecule has 10 heavy (non-hydrogen) atoms. The molecule has 2 aliphatic rings. The molecule has 1 fully saturated rings. The van der Waals surface area contributed by atoms with Crippen molar-refractivity contribution in [2.24, 2.45) is 0 Å². The molecule has 0 radical (unpaired) electrons. The van der Waals surface area contributed by atoms with Crippen LogP contribution in [0.5, 0.6) is 0 Å². The van der Waals surface area contributed by atoms with Crippen LogP contribution in [0.25, 0.3) is 0 Å². The minimum Gasteiger partial charge on any atom is -0.350 e. The second-order valence-corrected chi connectivity index (χ2v) is 3.21. The number of hydrogen-bond donors (Lipinski definition) is 0. The molecular weight excluding hydrogens is 124 g/mol. The summed E-state index contributed by atoms with van der Waals surface area (Å²) in [6.07, 6.45) is 5.01. The lowest BCUT2D eigenvalue weighted by Crippen LogP contribution is -2.21. The Balaban J connectivity index is 1.75. The van der Waals surface area contributed by atoms with E-state index >= 15 is 0 Å². The zero-order valence-electron chi connectivity index (χ0n) is 6.51. The summed E-state index contributed by atoms with van der Waals surface area (Å²) in [5, 5.41) is 0. The summed E-state index contributed by atoms with van der Waals surface area (Å²) in [5.74, 6) is 0. The average Bonchev–Trinajstić information content (AvgIpc) is 2.48. The lowest BCUT2D eigenvalue weighted by atomic mass is 10.4. The first-order valence-electron chi connectivity index (χ1n) is 4.02. The fourth-order valence-corrected chi connectivity index (χ4v) is 1.52. The smallest absolute Gasteiger partial charge is 0.0478 e. The zero-order chi connectivity index (χ0) is 6.97. The minimum absolute atomic E-state index is 1.19. The van der Waals surface area contributed by atoms with Crippen LogP contribution in [-0.2, 0) is 0 Å². The van der Waals surface area contributed by atoms with Gasteiger partial charge in [-0.15, -0.1) is 0 Å². The van der Waals surface area contributed by atoms with Crippen molar-refractivity contribution in [3.63, 3.8) is 0 Å². The number of rotatable bonds is 2. The van der Waals surface area contributed by atoms with E-state index in [4.69, 9.17) is 0 Å². The van der Waals surface area contributed by atoms with E-state index in [1.54, 1.807) is 0 Å². The largest absolute Gasteiger partial charge is 0.350 e. The highest BCUT2D eigenvalue weighted by Crippen LogP contribution is 2.20. The van der Waals surface area contributed by atoms with Gasteiger partial charge in [-0.1, -0.05) is 0 Å². The highest BCUT2D eigenvalue weighted by atomic mass is 15.3. The summed E-state index contributed by atoms with van der Waals surface area (Å²) in [7, 11) is 2.12. The molecule has 0 N–H and O–H groups in total. The molecule has 2 heterocycles. The van der Waals surface area contributed by atoms with Gasteiger partial charge in [-0.25, -0.2) is 0 Å². The van der Waals surface area contributed by atoms with Gasteiger partial charge in [0.1, 0.15) is 0 Å². The van der Waals surface area contributed by atoms with Gasteiger partial charge in [-0.3, -0.25) is 4.90 Å². The summed E-state index contributed by atoms with van der Waals surface area (Å²) < 4.78 is 0. The normalized spacial score (nSPS) is 25.3. The van der Waals surface area contributed by atoms with Crippen molar-refractivity contribution in [3.8, 4) is 0 Å². The first kappa shape index (κ1) is 6.23. The maximum Gasteiger partial charge on any atom is 0.0478 e. The van der Waals surface area contributed by atoms with E-state index in [0.29, 0.717) is 0 Å². The van der Waals surface area contributed by atoms with Crippen molar-refractivity contribution >= 4 is 0 Å². The Labute approximate surface area is 62.1 Å². The van der Waals surface area contributed by atoms with Crippen LogP contribution in [0, 0.1) is 0 Å². The molecule has 0 spiro atoms. The molecule has 2 nitrogen and oxygen atoms in total. The van der Waals surface area contributed by atoms with Gasteiger partial charge in [0.05, 0.1) is 0 Å². The molecule has 0 amide bonds. The van der Waals surface area contributed by atoms with Gasteiger partial charge in [-0.05, 0) is 25.9 Å². The lowest BCUT2D eigenvalue weighted by molar-refractivity contribution is 0.360. The van der Waals surface area contributed by atoms with Gasteiger partial charge in [0, 0.05) is 25.5 Å². The van der Waals surface area contributed by atoms with Crippen molar-refractivity contribution in [3.05, 3.63) is 11.9 Å². The van der Waals surface area contributed by atoms with E-state index in [1.807, 2.05) is 0 Å². The average molecular weight is 138 g/mol. The Morgan fingerprint density at radius 2 is 2.00 bits per heavy atom. The molecule has 0 aromatic rings. The monoisotopic (exact) mass is 138 g/mol. The molecule has 2 aliphatic heterocycles. The van der Waals surface area contributed by atoms with E-state index in [9.17, 15) is 0 Å². The SMILES string of the molecule is CN1C=C1CN1CCCC1. The quantitative estimate of drug-likeness (QED) is 0.558. The minimum atomic E-state index is 1.19. The van der Waals surface area contributed by atoms with Crippen molar-refractivity contribution < 1.29 is 0 Å². The summed E-state index contributed by atoms with van der Waals surface area (Å²) in [6.45, 7) is 3.81. The van der Waals surface area contributed by atoms with E-state index in [-0.39, 0.29) is 0 Å². The first-order valence-corrected chi connectivity index (χ1v) is 4.02. The molecule has 2 heteroatoms. The van der Waals surface area contributed by atoms with Crippen LogP contribution in [0.4, 0.5) is 0 Å². The fourth-order valence-electron chi connectivity index (χ4n) is 1.52. The van der Waals surface area contributed by atoms with Crippen molar-refractivity contribution in [1.29, 1.82) is 0 Å². The van der Waals surface area contributed by atoms with Crippen LogP contribution >= 0.6 is 0 Å². The maximum atomic E-state index is 2.52. The Morgan fingerprint density at radius 1 is 1.40 bits per heavy atom. The third-order valence-corrected chi connectivity index (χ3v) is 2.31. The second kappa shape index (κ2) is 2.27. The topological polar surface area (TPSA) is 6.25 Å². The number of hydrogen-bond acceptors (Lipinski definition) is 2. The molecule has 0 saturated carbocycles. The highest BCUT2D eigenvalue weighted by molar-refractivity contribution is 5.19. The molecule has 1 saturated heterocycles. The van der Waals surface area contributed by atoms with Crippen LogP contribution in [0.3, 0.4) is 0 Å². The molecule has 0 atom stereocenters. The van der Waals surface area contributed by atoms with E-state index < -0.39 is 0 Å². The third-order valence-electron chi connectivity index (χ3n) is 2.31. The Hall–Kier alpha value is -0.500. The highest BCUT2D eigenvalue weighted by Gasteiger charge is 2.20. The standard InChI is InChI=1S/C8H14N2/c1-9-6-8(9)7-10-4-2-3-5-10/h6H,2-5,7H2,1H3. The van der Waals surface area contributed by atoms with Crippen molar-refractivity contribution in [2.45, 2.75) is 12.8 Å². The third kappa shape index (κ3) is 1.16. The zero-order valence-corrected chi connectivity index (χ0v) is 6.51. The molecule has 0 unspecified atom stereocenters. The summed E-state index contributed by atoms with van der Waals surface area (Å²) in [5.41, 5.74) is 1.50. The molecular formula is C8H14N2. The molecule has 0 aliphatic carbocycles. The predicted molar refractivity (Wildman–Crippen MR) is 41.5 cm³/mol. The Kier molecular flexibility index (Phi) is 1.42. The Morgan fingerprint density at radius 3 is 2.50 bits per heavy atom. The summed E-state index contributed by atoms with van der Waals surface area (Å²) >= 11 is 0. The van der Waals surface area contributed by atoms with Gasteiger partial charge >= 0.3 is 0 Å². The van der Waals surface area contributed by atoms with E-state index in [1.165, 1.54) is 38.2 Å². The maximum absolute atomic E-state index is 2.52. The molecule has 56 valence electrons. The lowest BCUT2D eigenvalue weighted by Gasteiger charge is -2.11. The fraction of sp³-hybridized carbons (Fsp3) is 0.750. The number of likely N-dealkylation sites (N-methyl/N-ethyl adjacent to an activating group) is 1.